The minimum absolute atomic E-state index is 0.0722. The third-order valence-corrected chi connectivity index (χ3v) is 10.3. The molecule has 0 spiro atoms. The van der Waals surface area contributed by atoms with Crippen molar-refractivity contribution in [3.63, 3.8) is 0 Å². The van der Waals surface area contributed by atoms with Crippen molar-refractivity contribution < 1.29 is 0 Å². The van der Waals surface area contributed by atoms with Crippen molar-refractivity contribution in [3.05, 3.63) is 199 Å². The van der Waals surface area contributed by atoms with Gasteiger partial charge >= 0.3 is 0 Å². The van der Waals surface area contributed by atoms with Crippen molar-refractivity contribution >= 4 is 38.7 Å². The fraction of sp³-hybridized carbons (Fsp3) is 0. The van der Waals surface area contributed by atoms with Crippen molar-refractivity contribution in [2.24, 2.45) is 0 Å². The van der Waals surface area contributed by atoms with Crippen LogP contribution in [0.25, 0.3) is 71.9 Å². The lowest BCUT2D eigenvalue weighted by Crippen LogP contribution is -2.22. The summed E-state index contributed by atoms with van der Waals surface area (Å²) in [4.78, 5) is 21.7. The molecule has 1 aliphatic heterocycles. The van der Waals surface area contributed by atoms with E-state index >= 15 is 0 Å². The second-order valence-corrected chi connectivity index (χ2v) is 13.1. The number of anilines is 3. The summed E-state index contributed by atoms with van der Waals surface area (Å²) in [7, 11) is 0. The fourth-order valence-electron chi connectivity index (χ4n) is 7.86. The van der Waals surface area contributed by atoms with E-state index < -0.39 is 0 Å². The molecule has 0 fully saturated rings. The molecule has 4 nitrogen and oxygen atoms in total. The third-order valence-electron chi connectivity index (χ3n) is 10.3. The molecular formula is C48H31N3O. The van der Waals surface area contributed by atoms with Crippen LogP contribution in [0.5, 0.6) is 0 Å². The first-order valence-corrected chi connectivity index (χ1v) is 17.5. The first-order chi connectivity index (χ1) is 25.7. The molecule has 52 heavy (non-hydrogen) atoms. The first-order valence-electron chi connectivity index (χ1n) is 17.5. The van der Waals surface area contributed by atoms with Crippen LogP contribution in [-0.4, -0.2) is 9.55 Å². The summed E-state index contributed by atoms with van der Waals surface area (Å²) < 4.78 is 1.93. The standard InChI is InChI=1S/C48H31N3O/c52-48-41-28-29-49-31-43(41)40-19-11-18-39-42-30-35(33-14-5-2-6-15-33)24-27-46(42)50(36-25-22-34(23-26-36)32-12-3-1-4-13-32)44-20-9-7-16-37(44)38-17-8-10-21-45(38)51(48)47(39)40/h1-31H. The summed E-state index contributed by atoms with van der Waals surface area (Å²) in [6.45, 7) is 0. The van der Waals surface area contributed by atoms with Crippen LogP contribution in [0.15, 0.2) is 193 Å². The fourth-order valence-corrected chi connectivity index (χ4v) is 7.86. The SMILES string of the molecule is O=c1c2ccncc2c2cccc3c2n1-c1ccccc1-c1ccccc1N(c1ccc(-c2ccccc2)cc1)c1ccc(-c2ccccc2)cc1-3. The van der Waals surface area contributed by atoms with Crippen LogP contribution in [0.3, 0.4) is 0 Å². The molecule has 7 aromatic carbocycles. The van der Waals surface area contributed by atoms with Crippen LogP contribution < -0.4 is 10.5 Å². The summed E-state index contributed by atoms with van der Waals surface area (Å²) >= 11 is 0. The van der Waals surface area contributed by atoms with Gasteiger partial charge in [-0.15, -0.1) is 0 Å². The van der Waals surface area contributed by atoms with Crippen LogP contribution in [0.4, 0.5) is 17.1 Å². The lowest BCUT2D eigenvalue weighted by atomic mass is 9.91. The number of rotatable bonds is 3. The summed E-state index contributed by atoms with van der Waals surface area (Å²) in [5.41, 5.74) is 13.2. The van der Waals surface area contributed by atoms with Crippen LogP contribution in [0, 0.1) is 0 Å². The molecule has 0 radical (unpaired) electrons. The molecule has 0 saturated heterocycles. The Labute approximate surface area is 301 Å². The minimum atomic E-state index is -0.0722. The zero-order valence-electron chi connectivity index (χ0n) is 28.1. The van der Waals surface area contributed by atoms with Gasteiger partial charge < -0.3 is 4.90 Å². The molecule has 244 valence electrons. The van der Waals surface area contributed by atoms with Gasteiger partial charge in [0.2, 0.25) is 0 Å². The quantitative estimate of drug-likeness (QED) is 0.176. The molecule has 0 amide bonds. The Morgan fingerprint density at radius 3 is 1.73 bits per heavy atom. The minimum Gasteiger partial charge on any atom is -0.309 e. The Bertz CT molecular complexity index is 2860. The number of aromatic nitrogens is 2. The molecular weight excluding hydrogens is 635 g/mol. The summed E-state index contributed by atoms with van der Waals surface area (Å²) in [5.74, 6) is 0. The van der Waals surface area contributed by atoms with Crippen molar-refractivity contribution in [1.82, 2.24) is 9.55 Å². The van der Waals surface area contributed by atoms with Crippen molar-refractivity contribution in [3.8, 4) is 50.2 Å². The Hall–Kier alpha value is -7.04. The van der Waals surface area contributed by atoms with E-state index in [0.717, 1.165) is 78.0 Å². The smallest absolute Gasteiger partial charge is 0.263 e. The number of hydrogen-bond acceptors (Lipinski definition) is 3. The monoisotopic (exact) mass is 665 g/mol. The normalized spacial score (nSPS) is 11.9. The van der Waals surface area contributed by atoms with Crippen molar-refractivity contribution in [1.29, 1.82) is 0 Å². The first kappa shape index (κ1) is 29.8. The average molecular weight is 666 g/mol. The topological polar surface area (TPSA) is 38.1 Å². The van der Waals surface area contributed by atoms with Gasteiger partial charge in [-0.1, -0.05) is 133 Å². The van der Waals surface area contributed by atoms with Gasteiger partial charge in [-0.05, 0) is 64.7 Å². The second kappa shape index (κ2) is 12.1. The Kier molecular flexibility index (Phi) is 6.93. The van der Waals surface area contributed by atoms with Gasteiger partial charge in [0.05, 0.1) is 28.0 Å². The largest absolute Gasteiger partial charge is 0.309 e. The Morgan fingerprint density at radius 1 is 0.404 bits per heavy atom. The van der Waals surface area contributed by atoms with Gasteiger partial charge in [0, 0.05) is 51.1 Å². The molecule has 10 rings (SSSR count). The highest BCUT2D eigenvalue weighted by molar-refractivity contribution is 6.13. The van der Waals surface area contributed by atoms with E-state index in [4.69, 9.17) is 0 Å². The van der Waals surface area contributed by atoms with Crippen LogP contribution in [0.1, 0.15) is 0 Å². The Morgan fingerprint density at radius 2 is 0.981 bits per heavy atom. The number of fused-ring (bicyclic) bond motifs is 8. The van der Waals surface area contributed by atoms with Gasteiger partial charge in [0.1, 0.15) is 0 Å². The van der Waals surface area contributed by atoms with Crippen molar-refractivity contribution in [2.75, 3.05) is 4.90 Å². The lowest BCUT2D eigenvalue weighted by molar-refractivity contribution is 1.06. The molecule has 0 atom stereocenters. The van der Waals surface area contributed by atoms with Gasteiger partial charge in [-0.25, -0.2) is 0 Å². The van der Waals surface area contributed by atoms with E-state index in [2.05, 4.69) is 162 Å². The number of nitrogens with zero attached hydrogens (tertiary/aromatic N) is 3. The molecule has 0 bridgehead atoms. The molecule has 0 saturated carbocycles. The molecule has 0 N–H and O–H groups in total. The van der Waals surface area contributed by atoms with Gasteiger partial charge in [0.15, 0.2) is 0 Å². The highest BCUT2D eigenvalue weighted by Gasteiger charge is 2.27. The van der Waals surface area contributed by atoms with Gasteiger partial charge in [0.25, 0.3) is 5.56 Å². The number of para-hydroxylation sites is 3. The maximum absolute atomic E-state index is 14.9. The molecule has 4 heteroatoms. The predicted octanol–water partition coefficient (Wildman–Crippen LogP) is 12.0. The molecule has 1 aliphatic rings. The highest BCUT2D eigenvalue weighted by atomic mass is 16.1. The maximum atomic E-state index is 14.9. The molecule has 9 aromatic rings. The number of pyridine rings is 2. The van der Waals surface area contributed by atoms with Gasteiger partial charge in [-0.3, -0.25) is 14.3 Å². The molecule has 3 heterocycles. The van der Waals surface area contributed by atoms with E-state index in [1.807, 2.05) is 35.0 Å². The van der Waals surface area contributed by atoms with E-state index in [1.54, 1.807) is 6.20 Å². The molecule has 2 aromatic heterocycles. The Balaban J connectivity index is 1.37. The second-order valence-electron chi connectivity index (χ2n) is 13.1. The van der Waals surface area contributed by atoms with E-state index in [1.165, 1.54) is 5.56 Å². The van der Waals surface area contributed by atoms with E-state index in [0.29, 0.717) is 5.39 Å². The molecule has 0 unspecified atom stereocenters. The van der Waals surface area contributed by atoms with Crippen LogP contribution >= 0.6 is 0 Å². The summed E-state index contributed by atoms with van der Waals surface area (Å²) in [5, 5.41) is 2.45. The zero-order valence-corrected chi connectivity index (χ0v) is 28.1. The number of hydrogen-bond donors (Lipinski definition) is 0. The number of benzene rings is 7. The molecule has 0 aliphatic carbocycles. The predicted molar refractivity (Wildman–Crippen MR) is 215 cm³/mol. The van der Waals surface area contributed by atoms with Crippen molar-refractivity contribution in [2.45, 2.75) is 0 Å². The van der Waals surface area contributed by atoms with Gasteiger partial charge in [-0.2, -0.15) is 0 Å². The van der Waals surface area contributed by atoms with Crippen LogP contribution in [0.2, 0.25) is 0 Å². The zero-order chi connectivity index (χ0) is 34.6. The summed E-state index contributed by atoms with van der Waals surface area (Å²) in [6, 6.07) is 61.5. The van der Waals surface area contributed by atoms with E-state index in [-0.39, 0.29) is 5.56 Å². The average Bonchev–Trinajstić information content (AvgIpc) is 3.22. The van der Waals surface area contributed by atoms with E-state index in [9.17, 15) is 4.79 Å². The highest BCUT2D eigenvalue weighted by Crippen LogP contribution is 2.49. The van der Waals surface area contributed by atoms with Crippen LogP contribution in [-0.2, 0) is 0 Å². The lowest BCUT2D eigenvalue weighted by Gasteiger charge is -2.32. The third kappa shape index (κ3) is 4.69. The maximum Gasteiger partial charge on any atom is 0.263 e. The summed E-state index contributed by atoms with van der Waals surface area (Å²) in [6.07, 6.45) is 3.53.